The Morgan fingerprint density at radius 3 is 2.54 bits per heavy atom. The van der Waals surface area contributed by atoms with Crippen molar-refractivity contribution in [1.82, 2.24) is 9.55 Å². The number of imidazole rings is 1. The van der Waals surface area contributed by atoms with Crippen LogP contribution in [0.4, 0.5) is 0 Å². The number of halogens is 1. The van der Waals surface area contributed by atoms with Gasteiger partial charge in [0.05, 0.1) is 11.4 Å². The standard InChI is InChI=1S/C10H13ClN2/c1-5-6(2)8-9(7(5)3)13(4)10(11)12-8/h7H,1-4H3. The third-order valence-electron chi connectivity index (χ3n) is 3.09. The van der Waals surface area contributed by atoms with Gasteiger partial charge in [-0.2, -0.15) is 0 Å². The van der Waals surface area contributed by atoms with Crippen molar-refractivity contribution in [2.75, 3.05) is 0 Å². The molecule has 0 saturated carbocycles. The van der Waals surface area contributed by atoms with Crippen LogP contribution < -0.4 is 0 Å². The summed E-state index contributed by atoms with van der Waals surface area (Å²) in [6.45, 7) is 6.47. The molecule has 0 spiro atoms. The van der Waals surface area contributed by atoms with Gasteiger partial charge in [0.1, 0.15) is 0 Å². The zero-order chi connectivity index (χ0) is 9.75. The van der Waals surface area contributed by atoms with Crippen LogP contribution in [0.3, 0.4) is 0 Å². The van der Waals surface area contributed by atoms with Crippen molar-refractivity contribution in [1.29, 1.82) is 0 Å². The van der Waals surface area contributed by atoms with Gasteiger partial charge in [-0.05, 0) is 31.0 Å². The Morgan fingerprint density at radius 1 is 1.38 bits per heavy atom. The molecule has 0 aliphatic heterocycles. The Morgan fingerprint density at radius 2 is 2.00 bits per heavy atom. The second kappa shape index (κ2) is 2.61. The predicted molar refractivity (Wildman–Crippen MR) is 54.9 cm³/mol. The van der Waals surface area contributed by atoms with Gasteiger partial charge in [-0.1, -0.05) is 12.5 Å². The fourth-order valence-electron chi connectivity index (χ4n) is 1.97. The largest absolute Gasteiger partial charge is 0.321 e. The van der Waals surface area contributed by atoms with Gasteiger partial charge in [-0.3, -0.25) is 0 Å². The van der Waals surface area contributed by atoms with Gasteiger partial charge >= 0.3 is 0 Å². The molecule has 0 amide bonds. The highest BCUT2D eigenvalue weighted by atomic mass is 35.5. The molecule has 0 saturated heterocycles. The van der Waals surface area contributed by atoms with Crippen molar-refractivity contribution in [2.24, 2.45) is 7.05 Å². The van der Waals surface area contributed by atoms with Crippen molar-refractivity contribution in [3.8, 4) is 0 Å². The summed E-state index contributed by atoms with van der Waals surface area (Å²) in [6, 6.07) is 0. The molecule has 1 unspecified atom stereocenters. The van der Waals surface area contributed by atoms with Crippen LogP contribution in [0.2, 0.25) is 5.28 Å². The molecule has 2 rings (SSSR count). The van der Waals surface area contributed by atoms with Crippen molar-refractivity contribution < 1.29 is 0 Å². The summed E-state index contributed by atoms with van der Waals surface area (Å²) in [6.07, 6.45) is 0. The molecule has 70 valence electrons. The van der Waals surface area contributed by atoms with E-state index in [0.717, 1.165) is 5.69 Å². The van der Waals surface area contributed by atoms with Gasteiger partial charge < -0.3 is 4.57 Å². The minimum atomic E-state index is 0.458. The lowest BCUT2D eigenvalue weighted by molar-refractivity contribution is 0.770. The lowest BCUT2D eigenvalue weighted by Gasteiger charge is -2.08. The maximum atomic E-state index is 5.95. The first-order valence-corrected chi connectivity index (χ1v) is 4.81. The monoisotopic (exact) mass is 196 g/mol. The third kappa shape index (κ3) is 0.983. The third-order valence-corrected chi connectivity index (χ3v) is 3.43. The number of fused-ring (bicyclic) bond motifs is 1. The molecule has 1 atom stereocenters. The van der Waals surface area contributed by atoms with Crippen LogP contribution in [0.25, 0.3) is 5.57 Å². The molecule has 0 bridgehead atoms. The van der Waals surface area contributed by atoms with Gasteiger partial charge in [0.25, 0.3) is 0 Å². The van der Waals surface area contributed by atoms with E-state index in [4.69, 9.17) is 11.6 Å². The number of hydrogen-bond donors (Lipinski definition) is 0. The number of nitrogens with zero attached hydrogens (tertiary/aromatic N) is 2. The number of rotatable bonds is 0. The van der Waals surface area contributed by atoms with Crippen LogP contribution in [0.1, 0.15) is 38.1 Å². The minimum absolute atomic E-state index is 0.458. The lowest BCUT2D eigenvalue weighted by Crippen LogP contribution is -1.99. The molecule has 0 N–H and O–H groups in total. The van der Waals surface area contributed by atoms with Crippen LogP contribution in [0.5, 0.6) is 0 Å². The highest BCUT2D eigenvalue weighted by Crippen LogP contribution is 2.41. The molecule has 0 radical (unpaired) electrons. The molecule has 0 fully saturated rings. The first kappa shape index (κ1) is 8.82. The second-order valence-electron chi connectivity index (χ2n) is 3.70. The van der Waals surface area contributed by atoms with E-state index >= 15 is 0 Å². The zero-order valence-electron chi connectivity index (χ0n) is 8.35. The normalized spacial score (nSPS) is 21.2. The van der Waals surface area contributed by atoms with E-state index in [-0.39, 0.29) is 0 Å². The average Bonchev–Trinajstić information content (AvgIpc) is 2.48. The van der Waals surface area contributed by atoms with E-state index in [1.807, 2.05) is 11.6 Å². The van der Waals surface area contributed by atoms with Crippen molar-refractivity contribution in [3.05, 3.63) is 22.2 Å². The molecular formula is C10H13ClN2. The van der Waals surface area contributed by atoms with Crippen molar-refractivity contribution >= 4 is 17.2 Å². The Kier molecular flexibility index (Phi) is 1.77. The molecule has 1 aliphatic rings. The molecule has 1 aromatic heterocycles. The van der Waals surface area contributed by atoms with E-state index in [1.165, 1.54) is 16.8 Å². The van der Waals surface area contributed by atoms with Gasteiger partial charge in [0, 0.05) is 13.0 Å². The lowest BCUT2D eigenvalue weighted by atomic mass is 10.0. The average molecular weight is 197 g/mol. The molecule has 1 aromatic rings. The molecule has 1 aliphatic carbocycles. The summed E-state index contributed by atoms with van der Waals surface area (Å²) >= 11 is 5.95. The van der Waals surface area contributed by atoms with Gasteiger partial charge in [-0.25, -0.2) is 4.98 Å². The van der Waals surface area contributed by atoms with Gasteiger partial charge in [0.2, 0.25) is 5.28 Å². The summed E-state index contributed by atoms with van der Waals surface area (Å²) in [5.41, 5.74) is 5.02. The van der Waals surface area contributed by atoms with Crippen LogP contribution in [-0.4, -0.2) is 9.55 Å². The smallest absolute Gasteiger partial charge is 0.203 e. The summed E-state index contributed by atoms with van der Waals surface area (Å²) < 4.78 is 1.97. The fraction of sp³-hybridized carbons (Fsp3) is 0.500. The molecule has 2 nitrogen and oxygen atoms in total. The van der Waals surface area contributed by atoms with Crippen LogP contribution in [0, 0.1) is 0 Å². The number of aromatic nitrogens is 2. The molecule has 13 heavy (non-hydrogen) atoms. The number of hydrogen-bond acceptors (Lipinski definition) is 1. The number of allylic oxidation sites excluding steroid dienone is 2. The highest BCUT2D eigenvalue weighted by molar-refractivity contribution is 6.28. The summed E-state index contributed by atoms with van der Waals surface area (Å²) in [4.78, 5) is 4.34. The Hall–Kier alpha value is -0.760. The maximum absolute atomic E-state index is 5.95. The highest BCUT2D eigenvalue weighted by Gasteiger charge is 2.28. The fourth-order valence-corrected chi connectivity index (χ4v) is 2.15. The van der Waals surface area contributed by atoms with E-state index < -0.39 is 0 Å². The Balaban J connectivity index is 2.70. The van der Waals surface area contributed by atoms with Gasteiger partial charge in [-0.15, -0.1) is 0 Å². The molecule has 1 heterocycles. The summed E-state index contributed by atoms with van der Waals surface area (Å²) in [5.74, 6) is 0.458. The van der Waals surface area contributed by atoms with Crippen LogP contribution in [0.15, 0.2) is 5.57 Å². The Labute approximate surface area is 83.2 Å². The Bertz CT molecular complexity index is 401. The van der Waals surface area contributed by atoms with E-state index in [1.54, 1.807) is 0 Å². The zero-order valence-corrected chi connectivity index (χ0v) is 9.11. The maximum Gasteiger partial charge on any atom is 0.203 e. The predicted octanol–water partition coefficient (Wildman–Crippen LogP) is 2.98. The topological polar surface area (TPSA) is 17.8 Å². The van der Waals surface area contributed by atoms with Gasteiger partial charge in [0.15, 0.2) is 0 Å². The first-order chi connectivity index (χ1) is 6.04. The SMILES string of the molecule is CC1=C(C)C(C)c2c1nc(Cl)n2C. The van der Waals surface area contributed by atoms with E-state index in [2.05, 4.69) is 25.8 Å². The first-order valence-electron chi connectivity index (χ1n) is 4.44. The molecule has 3 heteroatoms. The van der Waals surface area contributed by atoms with E-state index in [9.17, 15) is 0 Å². The molecular weight excluding hydrogens is 184 g/mol. The van der Waals surface area contributed by atoms with E-state index in [0.29, 0.717) is 11.2 Å². The van der Waals surface area contributed by atoms with Crippen molar-refractivity contribution in [2.45, 2.75) is 26.7 Å². The second-order valence-corrected chi connectivity index (χ2v) is 4.04. The summed E-state index contributed by atoms with van der Waals surface area (Å²) in [5, 5.41) is 0.587. The summed E-state index contributed by atoms with van der Waals surface area (Å²) in [7, 11) is 1.97. The van der Waals surface area contributed by atoms with Crippen LogP contribution in [-0.2, 0) is 7.05 Å². The van der Waals surface area contributed by atoms with Crippen LogP contribution >= 0.6 is 11.6 Å². The van der Waals surface area contributed by atoms with Crippen molar-refractivity contribution in [3.63, 3.8) is 0 Å². The quantitative estimate of drug-likeness (QED) is 0.624. The molecule has 0 aromatic carbocycles. The minimum Gasteiger partial charge on any atom is -0.321 e.